The molecule has 1 atom stereocenters. The van der Waals surface area contributed by atoms with Crippen molar-refractivity contribution in [1.29, 1.82) is 0 Å². The van der Waals surface area contributed by atoms with E-state index in [2.05, 4.69) is 15.3 Å². The lowest BCUT2D eigenvalue weighted by molar-refractivity contribution is 0.173. The van der Waals surface area contributed by atoms with E-state index in [9.17, 15) is 5.11 Å². The van der Waals surface area contributed by atoms with E-state index >= 15 is 0 Å². The number of aliphatic hydroxyl groups is 1. The van der Waals surface area contributed by atoms with Crippen molar-refractivity contribution in [2.24, 2.45) is 0 Å². The molecule has 1 aromatic rings. The zero-order valence-electron chi connectivity index (χ0n) is 9.81. The molecule has 0 aliphatic rings. The fourth-order valence-corrected chi connectivity index (χ4v) is 2.42. The van der Waals surface area contributed by atoms with E-state index in [1.807, 2.05) is 13.8 Å². The van der Waals surface area contributed by atoms with Gasteiger partial charge in [-0.2, -0.15) is 0 Å². The highest BCUT2D eigenvalue weighted by Crippen LogP contribution is 2.18. The van der Waals surface area contributed by atoms with Crippen LogP contribution in [0.3, 0.4) is 0 Å². The van der Waals surface area contributed by atoms with Crippen LogP contribution in [0.4, 0.5) is 0 Å². The zero-order chi connectivity index (χ0) is 11.9. The Morgan fingerprint density at radius 2 is 2.31 bits per heavy atom. The molecule has 0 amide bonds. The Balaban J connectivity index is 2.34. The summed E-state index contributed by atoms with van der Waals surface area (Å²) in [7, 11) is 0. The van der Waals surface area contributed by atoms with Crippen molar-refractivity contribution in [3.63, 3.8) is 0 Å². The average Bonchev–Trinajstić information content (AvgIpc) is 2.31. The smallest absolute Gasteiger partial charge is 0.114 e. The van der Waals surface area contributed by atoms with E-state index < -0.39 is 0 Å². The van der Waals surface area contributed by atoms with Gasteiger partial charge in [-0.1, -0.05) is 6.92 Å². The summed E-state index contributed by atoms with van der Waals surface area (Å²) in [5.41, 5.74) is -0.191. The highest BCUT2D eigenvalue weighted by atomic mass is 32.2. The Morgan fingerprint density at radius 1 is 1.50 bits per heavy atom. The Hall–Kier alpha value is -0.650. The maximum Gasteiger partial charge on any atom is 0.114 e. The summed E-state index contributed by atoms with van der Waals surface area (Å²) in [5.74, 6) is 0.919. The summed E-state index contributed by atoms with van der Waals surface area (Å²) in [5, 5.41) is 13.5. The highest BCUT2D eigenvalue weighted by Gasteiger charge is 2.21. The molecule has 0 aromatic carbocycles. The predicted molar refractivity (Wildman–Crippen MR) is 66.5 cm³/mol. The van der Waals surface area contributed by atoms with Crippen LogP contribution >= 0.6 is 11.8 Å². The van der Waals surface area contributed by atoms with Gasteiger partial charge in [0.25, 0.3) is 0 Å². The van der Waals surface area contributed by atoms with E-state index in [-0.39, 0.29) is 12.1 Å². The van der Waals surface area contributed by atoms with Crippen molar-refractivity contribution >= 4 is 11.8 Å². The van der Waals surface area contributed by atoms with Gasteiger partial charge in [0.15, 0.2) is 0 Å². The van der Waals surface area contributed by atoms with Gasteiger partial charge in [0.05, 0.1) is 12.8 Å². The molecule has 1 unspecified atom stereocenters. The van der Waals surface area contributed by atoms with Crippen molar-refractivity contribution < 1.29 is 5.11 Å². The molecule has 0 fully saturated rings. The molecule has 5 heteroatoms. The Labute approximate surface area is 101 Å². The van der Waals surface area contributed by atoms with Crippen LogP contribution in [0.5, 0.6) is 0 Å². The summed E-state index contributed by atoms with van der Waals surface area (Å²) < 4.78 is 0. The lowest BCUT2D eigenvalue weighted by atomic mass is 10.0. The first-order chi connectivity index (χ1) is 7.70. The maximum absolute atomic E-state index is 9.31. The molecule has 4 nitrogen and oxygen atoms in total. The van der Waals surface area contributed by atoms with Gasteiger partial charge in [-0.25, -0.2) is 4.98 Å². The molecule has 2 N–H and O–H groups in total. The molecule has 1 aromatic heterocycles. The molecular weight excluding hydrogens is 222 g/mol. The molecule has 90 valence electrons. The average molecular weight is 241 g/mol. The van der Waals surface area contributed by atoms with Crippen LogP contribution in [0.2, 0.25) is 0 Å². The zero-order valence-corrected chi connectivity index (χ0v) is 10.6. The van der Waals surface area contributed by atoms with Crippen LogP contribution in [0.1, 0.15) is 20.3 Å². The molecule has 0 saturated heterocycles. The van der Waals surface area contributed by atoms with E-state index in [0.717, 1.165) is 23.7 Å². The number of aromatic nitrogens is 2. The minimum absolute atomic E-state index is 0.155. The topological polar surface area (TPSA) is 58.0 Å². The fraction of sp³-hybridized carbons (Fsp3) is 0.636. The van der Waals surface area contributed by atoms with Crippen molar-refractivity contribution in [3.8, 4) is 0 Å². The molecular formula is C11H19N3OS. The number of aliphatic hydroxyl groups excluding tert-OH is 1. The third kappa shape index (κ3) is 4.47. The van der Waals surface area contributed by atoms with Crippen molar-refractivity contribution in [1.82, 2.24) is 15.3 Å². The molecule has 1 heterocycles. The van der Waals surface area contributed by atoms with Crippen molar-refractivity contribution in [3.05, 3.63) is 18.6 Å². The van der Waals surface area contributed by atoms with Gasteiger partial charge in [-0.3, -0.25) is 4.98 Å². The first-order valence-electron chi connectivity index (χ1n) is 5.45. The van der Waals surface area contributed by atoms with Crippen molar-refractivity contribution in [2.75, 3.05) is 18.9 Å². The van der Waals surface area contributed by atoms with E-state index in [1.54, 1.807) is 30.4 Å². The third-order valence-electron chi connectivity index (χ3n) is 2.40. The summed E-state index contributed by atoms with van der Waals surface area (Å²) in [6, 6.07) is 0. The molecule has 0 spiro atoms. The van der Waals surface area contributed by atoms with Crippen LogP contribution in [-0.4, -0.2) is 39.5 Å². The second-order valence-electron chi connectivity index (χ2n) is 3.89. The fourth-order valence-electron chi connectivity index (χ4n) is 1.39. The van der Waals surface area contributed by atoms with Crippen LogP contribution in [-0.2, 0) is 0 Å². The number of nitrogens with one attached hydrogen (secondary N) is 1. The lowest BCUT2D eigenvalue weighted by Crippen LogP contribution is -2.46. The van der Waals surface area contributed by atoms with Gasteiger partial charge >= 0.3 is 0 Å². The van der Waals surface area contributed by atoms with Gasteiger partial charge in [-0.15, -0.1) is 11.8 Å². The van der Waals surface area contributed by atoms with Gasteiger partial charge in [-0.05, 0) is 19.9 Å². The molecule has 0 saturated carbocycles. The van der Waals surface area contributed by atoms with Gasteiger partial charge in [0.1, 0.15) is 5.03 Å². The SMILES string of the molecule is CCNC(C)(CO)CCSc1cnccn1. The first-order valence-corrected chi connectivity index (χ1v) is 6.43. The number of nitrogens with zero attached hydrogens (tertiary/aromatic N) is 2. The first kappa shape index (κ1) is 13.4. The second-order valence-corrected chi connectivity index (χ2v) is 5.01. The Morgan fingerprint density at radius 3 is 2.88 bits per heavy atom. The summed E-state index contributed by atoms with van der Waals surface area (Å²) in [6.45, 7) is 5.10. The maximum atomic E-state index is 9.31. The third-order valence-corrected chi connectivity index (χ3v) is 3.31. The van der Waals surface area contributed by atoms with Crippen molar-refractivity contribution in [2.45, 2.75) is 30.8 Å². The van der Waals surface area contributed by atoms with Crippen LogP contribution in [0, 0.1) is 0 Å². The van der Waals surface area contributed by atoms with E-state index in [1.165, 1.54) is 0 Å². The monoisotopic (exact) mass is 241 g/mol. The normalized spacial score (nSPS) is 14.7. The number of rotatable bonds is 7. The van der Waals surface area contributed by atoms with Gasteiger partial charge in [0, 0.05) is 23.7 Å². The quantitative estimate of drug-likeness (QED) is 0.705. The molecule has 1 rings (SSSR count). The lowest BCUT2D eigenvalue weighted by Gasteiger charge is -2.28. The predicted octanol–water partition coefficient (Wildman–Crippen LogP) is 1.32. The minimum atomic E-state index is -0.191. The van der Waals surface area contributed by atoms with Crippen LogP contribution < -0.4 is 5.32 Å². The number of hydrogen-bond acceptors (Lipinski definition) is 5. The Kier molecular flexibility index (Phi) is 5.73. The van der Waals surface area contributed by atoms with Gasteiger partial charge < -0.3 is 10.4 Å². The second kappa shape index (κ2) is 6.83. The number of hydrogen-bond donors (Lipinski definition) is 2. The van der Waals surface area contributed by atoms with Crippen LogP contribution in [0.25, 0.3) is 0 Å². The van der Waals surface area contributed by atoms with E-state index in [4.69, 9.17) is 0 Å². The molecule has 0 bridgehead atoms. The largest absolute Gasteiger partial charge is 0.394 e. The molecule has 0 radical (unpaired) electrons. The number of thioether (sulfide) groups is 1. The van der Waals surface area contributed by atoms with Crippen LogP contribution in [0.15, 0.2) is 23.6 Å². The number of likely N-dealkylation sites (N-methyl/N-ethyl adjacent to an activating group) is 1. The minimum Gasteiger partial charge on any atom is -0.394 e. The molecule has 0 aliphatic carbocycles. The summed E-state index contributed by atoms with van der Waals surface area (Å²) >= 11 is 1.66. The van der Waals surface area contributed by atoms with Gasteiger partial charge in [0.2, 0.25) is 0 Å². The summed E-state index contributed by atoms with van der Waals surface area (Å²) in [6.07, 6.45) is 6.02. The highest BCUT2D eigenvalue weighted by molar-refractivity contribution is 7.99. The van der Waals surface area contributed by atoms with E-state index in [0.29, 0.717) is 0 Å². The molecule has 0 aliphatic heterocycles. The summed E-state index contributed by atoms with van der Waals surface area (Å²) in [4.78, 5) is 8.20. The standard InChI is InChI=1S/C11H19N3OS/c1-3-14-11(2,9-15)4-7-16-10-8-12-5-6-13-10/h5-6,8,14-15H,3-4,7,9H2,1-2H3. The molecule has 16 heavy (non-hydrogen) atoms. The Bertz CT molecular complexity index is 297.